The summed E-state index contributed by atoms with van der Waals surface area (Å²) >= 11 is 0. The molecule has 0 radical (unpaired) electrons. The van der Waals surface area contributed by atoms with Crippen LogP contribution in [0.1, 0.15) is 50.7 Å². The Hall–Kier alpha value is -1.02. The zero-order valence-corrected chi connectivity index (χ0v) is 10.6. The van der Waals surface area contributed by atoms with Gasteiger partial charge in [-0.15, -0.1) is 0 Å². The van der Waals surface area contributed by atoms with E-state index >= 15 is 0 Å². The standard InChI is InChI=1S/C15H22O2/c1-2-5-15(16)13-8-4-9-14(10-13)17-11-12-6-3-7-12/h4,8-10,12,15-16H,2-3,5-7,11H2,1H3. The molecule has 2 heteroatoms. The summed E-state index contributed by atoms with van der Waals surface area (Å²) < 4.78 is 5.77. The molecule has 1 aliphatic rings. The van der Waals surface area contributed by atoms with E-state index < -0.39 is 0 Å². The first kappa shape index (κ1) is 12.4. The van der Waals surface area contributed by atoms with Crippen molar-refractivity contribution in [2.75, 3.05) is 6.61 Å². The number of hydrogen-bond acceptors (Lipinski definition) is 2. The summed E-state index contributed by atoms with van der Waals surface area (Å²) in [5.74, 6) is 1.64. The van der Waals surface area contributed by atoms with Crippen molar-refractivity contribution in [2.45, 2.75) is 45.1 Å². The predicted molar refractivity (Wildman–Crippen MR) is 69.1 cm³/mol. The Bertz CT molecular complexity index is 345. The number of benzene rings is 1. The fourth-order valence-electron chi connectivity index (χ4n) is 2.13. The Labute approximate surface area is 104 Å². The van der Waals surface area contributed by atoms with Gasteiger partial charge < -0.3 is 9.84 Å². The number of aliphatic hydroxyl groups excluding tert-OH is 1. The van der Waals surface area contributed by atoms with Gasteiger partial charge >= 0.3 is 0 Å². The first-order valence-electron chi connectivity index (χ1n) is 6.70. The van der Waals surface area contributed by atoms with Crippen LogP contribution in [0.4, 0.5) is 0 Å². The normalized spacial score (nSPS) is 17.5. The van der Waals surface area contributed by atoms with Crippen molar-refractivity contribution in [3.63, 3.8) is 0 Å². The van der Waals surface area contributed by atoms with Crippen molar-refractivity contribution in [3.05, 3.63) is 29.8 Å². The molecule has 2 nitrogen and oxygen atoms in total. The second-order valence-corrected chi connectivity index (χ2v) is 4.98. The van der Waals surface area contributed by atoms with Gasteiger partial charge in [-0.1, -0.05) is 31.9 Å². The minimum atomic E-state index is -0.354. The third-order valence-electron chi connectivity index (χ3n) is 3.52. The van der Waals surface area contributed by atoms with E-state index in [9.17, 15) is 5.11 Å². The lowest BCUT2D eigenvalue weighted by Gasteiger charge is -2.25. The molecule has 2 rings (SSSR count). The third-order valence-corrected chi connectivity index (χ3v) is 3.52. The predicted octanol–water partition coefficient (Wildman–Crippen LogP) is 3.70. The average Bonchev–Trinajstić information content (AvgIpc) is 2.28. The SMILES string of the molecule is CCCC(O)c1cccc(OCC2CCC2)c1. The fourth-order valence-corrected chi connectivity index (χ4v) is 2.13. The summed E-state index contributed by atoms with van der Waals surface area (Å²) in [7, 11) is 0. The van der Waals surface area contributed by atoms with Gasteiger partial charge in [0.15, 0.2) is 0 Å². The Morgan fingerprint density at radius 3 is 2.88 bits per heavy atom. The molecule has 1 atom stereocenters. The molecular formula is C15H22O2. The summed E-state index contributed by atoms with van der Waals surface area (Å²) in [5.41, 5.74) is 0.970. The molecule has 1 aromatic rings. The van der Waals surface area contributed by atoms with Gasteiger partial charge in [0.2, 0.25) is 0 Å². The second-order valence-electron chi connectivity index (χ2n) is 4.98. The highest BCUT2D eigenvalue weighted by molar-refractivity contribution is 5.29. The van der Waals surface area contributed by atoms with E-state index in [1.807, 2.05) is 24.3 Å². The molecule has 0 saturated heterocycles. The molecule has 0 spiro atoms. The van der Waals surface area contributed by atoms with Crippen LogP contribution < -0.4 is 4.74 Å². The lowest BCUT2D eigenvalue weighted by atomic mass is 9.86. The van der Waals surface area contributed by atoms with Crippen LogP contribution in [0.25, 0.3) is 0 Å². The number of hydrogen-bond donors (Lipinski definition) is 1. The van der Waals surface area contributed by atoms with E-state index in [0.717, 1.165) is 36.7 Å². The topological polar surface area (TPSA) is 29.5 Å². The van der Waals surface area contributed by atoms with Gasteiger partial charge in [0.05, 0.1) is 12.7 Å². The zero-order chi connectivity index (χ0) is 12.1. The van der Waals surface area contributed by atoms with Gasteiger partial charge in [-0.05, 0) is 42.9 Å². The van der Waals surface area contributed by atoms with Crippen LogP contribution in [0, 0.1) is 5.92 Å². The lowest BCUT2D eigenvalue weighted by molar-refractivity contribution is 0.163. The summed E-state index contributed by atoms with van der Waals surface area (Å²) in [6, 6.07) is 7.88. The quantitative estimate of drug-likeness (QED) is 0.813. The van der Waals surface area contributed by atoms with Crippen LogP contribution in [0.5, 0.6) is 5.75 Å². The van der Waals surface area contributed by atoms with Crippen molar-refractivity contribution in [1.82, 2.24) is 0 Å². The summed E-state index contributed by atoms with van der Waals surface area (Å²) in [5, 5.41) is 9.92. The third kappa shape index (κ3) is 3.47. The summed E-state index contributed by atoms with van der Waals surface area (Å²) in [6.45, 7) is 2.91. The first-order chi connectivity index (χ1) is 8.29. The minimum Gasteiger partial charge on any atom is -0.493 e. The molecule has 0 aliphatic heterocycles. The van der Waals surface area contributed by atoms with Crippen LogP contribution in [0.3, 0.4) is 0 Å². The monoisotopic (exact) mass is 234 g/mol. The van der Waals surface area contributed by atoms with E-state index in [4.69, 9.17) is 4.74 Å². The highest BCUT2D eigenvalue weighted by Crippen LogP contribution is 2.28. The molecule has 1 aliphatic carbocycles. The largest absolute Gasteiger partial charge is 0.493 e. The number of rotatable bonds is 6. The number of ether oxygens (including phenoxy) is 1. The van der Waals surface area contributed by atoms with E-state index in [1.54, 1.807) is 0 Å². The molecule has 1 unspecified atom stereocenters. The molecule has 1 fully saturated rings. The van der Waals surface area contributed by atoms with Crippen LogP contribution >= 0.6 is 0 Å². The molecule has 1 N–H and O–H groups in total. The van der Waals surface area contributed by atoms with Gasteiger partial charge in [-0.3, -0.25) is 0 Å². The first-order valence-corrected chi connectivity index (χ1v) is 6.70. The second kappa shape index (κ2) is 6.06. The molecule has 0 amide bonds. The van der Waals surface area contributed by atoms with Gasteiger partial charge in [0.25, 0.3) is 0 Å². The Kier molecular flexibility index (Phi) is 4.43. The Morgan fingerprint density at radius 1 is 1.41 bits per heavy atom. The number of aliphatic hydroxyl groups is 1. The average molecular weight is 234 g/mol. The van der Waals surface area contributed by atoms with Gasteiger partial charge in [-0.2, -0.15) is 0 Å². The molecular weight excluding hydrogens is 212 g/mol. The zero-order valence-electron chi connectivity index (χ0n) is 10.6. The smallest absolute Gasteiger partial charge is 0.119 e. The Morgan fingerprint density at radius 2 is 2.24 bits per heavy atom. The highest BCUT2D eigenvalue weighted by atomic mass is 16.5. The van der Waals surface area contributed by atoms with Crippen molar-refractivity contribution in [3.8, 4) is 5.75 Å². The summed E-state index contributed by atoms with van der Waals surface area (Å²) in [6.07, 6.45) is 5.41. The summed E-state index contributed by atoms with van der Waals surface area (Å²) in [4.78, 5) is 0. The molecule has 1 saturated carbocycles. The van der Waals surface area contributed by atoms with Crippen LogP contribution in [0.2, 0.25) is 0 Å². The lowest BCUT2D eigenvalue weighted by Crippen LogP contribution is -2.19. The van der Waals surface area contributed by atoms with E-state index in [0.29, 0.717) is 0 Å². The molecule has 0 heterocycles. The minimum absolute atomic E-state index is 0.354. The molecule has 0 bridgehead atoms. The highest BCUT2D eigenvalue weighted by Gasteiger charge is 2.18. The van der Waals surface area contributed by atoms with E-state index in [1.165, 1.54) is 19.3 Å². The van der Waals surface area contributed by atoms with Crippen LogP contribution in [0.15, 0.2) is 24.3 Å². The molecule has 0 aromatic heterocycles. The maximum absolute atomic E-state index is 9.92. The maximum atomic E-state index is 9.92. The van der Waals surface area contributed by atoms with Gasteiger partial charge in [0.1, 0.15) is 5.75 Å². The van der Waals surface area contributed by atoms with Crippen molar-refractivity contribution in [2.24, 2.45) is 5.92 Å². The van der Waals surface area contributed by atoms with Crippen LogP contribution in [-0.2, 0) is 0 Å². The van der Waals surface area contributed by atoms with Gasteiger partial charge in [-0.25, -0.2) is 0 Å². The fraction of sp³-hybridized carbons (Fsp3) is 0.600. The van der Waals surface area contributed by atoms with E-state index in [2.05, 4.69) is 6.92 Å². The Balaban J connectivity index is 1.90. The molecule has 17 heavy (non-hydrogen) atoms. The molecule has 94 valence electrons. The maximum Gasteiger partial charge on any atom is 0.119 e. The van der Waals surface area contributed by atoms with Crippen molar-refractivity contribution < 1.29 is 9.84 Å². The van der Waals surface area contributed by atoms with E-state index in [-0.39, 0.29) is 6.10 Å². The van der Waals surface area contributed by atoms with Crippen LogP contribution in [-0.4, -0.2) is 11.7 Å². The molecule has 1 aromatic carbocycles. The van der Waals surface area contributed by atoms with Crippen molar-refractivity contribution in [1.29, 1.82) is 0 Å². The van der Waals surface area contributed by atoms with Gasteiger partial charge in [0, 0.05) is 0 Å². The van der Waals surface area contributed by atoms with Crippen molar-refractivity contribution >= 4 is 0 Å².